The van der Waals surface area contributed by atoms with Gasteiger partial charge in [-0.25, -0.2) is 20.8 Å². The monoisotopic (exact) mass is 390 g/mol. The summed E-state index contributed by atoms with van der Waals surface area (Å²) in [6.07, 6.45) is 0.579. The van der Waals surface area contributed by atoms with Crippen LogP contribution in [0.15, 0.2) is 48.5 Å². The van der Waals surface area contributed by atoms with Crippen LogP contribution in [-0.4, -0.2) is 27.8 Å². The Hall–Kier alpha value is -3.36. The van der Waals surface area contributed by atoms with Crippen molar-refractivity contribution in [1.29, 1.82) is 0 Å². The quantitative estimate of drug-likeness (QED) is 0.506. The van der Waals surface area contributed by atoms with E-state index in [0.29, 0.717) is 17.5 Å². The number of aromatic nitrogens is 2. The number of fused-ring (bicyclic) bond motifs is 1. The summed E-state index contributed by atoms with van der Waals surface area (Å²) in [5, 5.41) is 0. The summed E-state index contributed by atoms with van der Waals surface area (Å²) >= 11 is 0. The number of hydrazine groups is 2. The van der Waals surface area contributed by atoms with Gasteiger partial charge in [-0.1, -0.05) is 30.3 Å². The fraction of sp³-hybridized carbons (Fsp3) is 0.238. The van der Waals surface area contributed by atoms with E-state index in [1.807, 2.05) is 44.2 Å². The lowest BCUT2D eigenvalue weighted by molar-refractivity contribution is -0.123. The van der Waals surface area contributed by atoms with E-state index in [1.165, 1.54) is 0 Å². The molecule has 0 saturated carbocycles. The second-order valence-electron chi connectivity index (χ2n) is 7.08. The molecule has 2 amide bonds. The Morgan fingerprint density at radius 3 is 2.41 bits per heavy atom. The van der Waals surface area contributed by atoms with Crippen molar-refractivity contribution in [2.75, 3.05) is 0 Å². The number of benzene rings is 2. The second-order valence-corrected chi connectivity index (χ2v) is 7.08. The Morgan fingerprint density at radius 2 is 1.66 bits per heavy atom. The summed E-state index contributed by atoms with van der Waals surface area (Å²) in [6, 6.07) is 14.5. The number of nitrogens with zero attached hydrogens (tertiary/aromatic N) is 2. The second kappa shape index (κ2) is 7.94. The minimum atomic E-state index is -0.450. The molecular formula is C21H22N6O2. The smallest absolute Gasteiger partial charge is 0.269 e. The van der Waals surface area contributed by atoms with E-state index in [0.717, 1.165) is 22.5 Å². The molecule has 1 aliphatic heterocycles. The first-order chi connectivity index (χ1) is 14.0. The fourth-order valence-electron chi connectivity index (χ4n) is 3.28. The topological polar surface area (TPSA) is 108 Å². The van der Waals surface area contributed by atoms with E-state index in [4.69, 9.17) is 0 Å². The van der Waals surface area contributed by atoms with Crippen LogP contribution in [0, 0.1) is 13.8 Å². The van der Waals surface area contributed by atoms with Crippen LogP contribution in [0.3, 0.4) is 0 Å². The Kier molecular flexibility index (Phi) is 5.20. The van der Waals surface area contributed by atoms with Crippen molar-refractivity contribution in [2.45, 2.75) is 32.4 Å². The molecule has 0 aliphatic carbocycles. The van der Waals surface area contributed by atoms with Gasteiger partial charge in [0.05, 0.1) is 22.4 Å². The number of hydrogen-bond acceptors (Lipinski definition) is 6. The van der Waals surface area contributed by atoms with Crippen molar-refractivity contribution < 1.29 is 9.59 Å². The summed E-state index contributed by atoms with van der Waals surface area (Å²) in [6.45, 7) is 3.77. The number of hydrogen-bond donors (Lipinski definition) is 4. The summed E-state index contributed by atoms with van der Waals surface area (Å²) in [5.41, 5.74) is 15.6. The number of nitrogens with one attached hydrogen (secondary N) is 4. The van der Waals surface area contributed by atoms with Gasteiger partial charge >= 0.3 is 0 Å². The molecule has 0 radical (unpaired) electrons. The minimum absolute atomic E-state index is 0.0356. The van der Waals surface area contributed by atoms with E-state index in [2.05, 4.69) is 31.7 Å². The van der Waals surface area contributed by atoms with E-state index in [-0.39, 0.29) is 11.9 Å². The number of aryl methyl sites for hydroxylation is 2. The molecule has 0 spiro atoms. The molecule has 2 heterocycles. The van der Waals surface area contributed by atoms with Gasteiger partial charge in [0, 0.05) is 11.6 Å². The maximum atomic E-state index is 12.4. The van der Waals surface area contributed by atoms with Crippen LogP contribution in [0.4, 0.5) is 0 Å². The molecule has 2 atom stereocenters. The molecule has 4 N–H and O–H groups in total. The Morgan fingerprint density at radius 1 is 0.931 bits per heavy atom. The number of carbonyl (C=O) groups is 2. The SMILES string of the molecule is Cc1nc2ccc(C(=O)NNC(=O)C3CC(c4ccccc4)NN3)cc2nc1C. The zero-order valence-corrected chi connectivity index (χ0v) is 16.2. The van der Waals surface area contributed by atoms with Crippen LogP contribution < -0.4 is 21.7 Å². The summed E-state index contributed by atoms with van der Waals surface area (Å²) in [7, 11) is 0. The third-order valence-corrected chi connectivity index (χ3v) is 5.06. The highest BCUT2D eigenvalue weighted by Crippen LogP contribution is 2.21. The van der Waals surface area contributed by atoms with Gasteiger partial charge in [-0.05, 0) is 44.0 Å². The van der Waals surface area contributed by atoms with Crippen molar-refractivity contribution >= 4 is 22.8 Å². The third-order valence-electron chi connectivity index (χ3n) is 5.06. The van der Waals surface area contributed by atoms with E-state index >= 15 is 0 Å². The first kappa shape index (κ1) is 19.0. The molecule has 1 aliphatic rings. The van der Waals surface area contributed by atoms with Gasteiger partial charge in [0.1, 0.15) is 6.04 Å². The molecule has 29 heavy (non-hydrogen) atoms. The van der Waals surface area contributed by atoms with Crippen LogP contribution in [0.2, 0.25) is 0 Å². The lowest BCUT2D eigenvalue weighted by Gasteiger charge is -2.12. The summed E-state index contributed by atoms with van der Waals surface area (Å²) in [5.74, 6) is -0.720. The van der Waals surface area contributed by atoms with Crippen molar-refractivity contribution in [2.24, 2.45) is 0 Å². The van der Waals surface area contributed by atoms with Gasteiger partial charge in [0.2, 0.25) is 0 Å². The Labute approximate surface area is 168 Å². The van der Waals surface area contributed by atoms with Crippen molar-refractivity contribution in [3.8, 4) is 0 Å². The lowest BCUT2D eigenvalue weighted by atomic mass is 10.0. The predicted molar refractivity (Wildman–Crippen MR) is 108 cm³/mol. The zero-order valence-electron chi connectivity index (χ0n) is 16.2. The first-order valence-corrected chi connectivity index (χ1v) is 9.42. The molecule has 1 aromatic heterocycles. The first-order valence-electron chi connectivity index (χ1n) is 9.42. The van der Waals surface area contributed by atoms with E-state index in [9.17, 15) is 9.59 Å². The Bertz CT molecular complexity index is 1070. The zero-order chi connectivity index (χ0) is 20.4. The van der Waals surface area contributed by atoms with Crippen LogP contribution in [0.1, 0.15) is 39.8 Å². The molecular weight excluding hydrogens is 368 g/mol. The van der Waals surface area contributed by atoms with Gasteiger partial charge < -0.3 is 0 Å². The molecule has 2 unspecified atom stereocenters. The van der Waals surface area contributed by atoms with Crippen molar-refractivity contribution in [3.05, 3.63) is 71.0 Å². The number of rotatable bonds is 3. The van der Waals surface area contributed by atoms with Gasteiger partial charge in [-0.15, -0.1) is 0 Å². The highest BCUT2D eigenvalue weighted by molar-refractivity contribution is 5.98. The average Bonchev–Trinajstić information content (AvgIpc) is 3.23. The molecule has 1 saturated heterocycles. The Balaban J connectivity index is 1.36. The van der Waals surface area contributed by atoms with Gasteiger partial charge in [-0.3, -0.25) is 20.4 Å². The standard InChI is InChI=1S/C21H22N6O2/c1-12-13(2)23-18-10-15(8-9-16(18)22-12)20(28)26-27-21(29)19-11-17(24-25-19)14-6-4-3-5-7-14/h3-10,17,19,24-25H,11H2,1-2H3,(H,26,28)(H,27,29). The largest absolute Gasteiger partial charge is 0.271 e. The number of carbonyl (C=O) groups excluding carboxylic acids is 2. The van der Waals surface area contributed by atoms with Gasteiger partial charge in [-0.2, -0.15) is 0 Å². The highest BCUT2D eigenvalue weighted by Gasteiger charge is 2.30. The molecule has 4 rings (SSSR count). The van der Waals surface area contributed by atoms with Crippen LogP contribution >= 0.6 is 0 Å². The number of amides is 2. The van der Waals surface area contributed by atoms with Gasteiger partial charge in [0.15, 0.2) is 0 Å². The summed E-state index contributed by atoms with van der Waals surface area (Å²) in [4.78, 5) is 33.8. The molecule has 148 valence electrons. The molecule has 0 bridgehead atoms. The normalized spacial score (nSPS) is 18.6. The third kappa shape index (κ3) is 4.08. The molecule has 8 nitrogen and oxygen atoms in total. The minimum Gasteiger partial charge on any atom is -0.271 e. The lowest BCUT2D eigenvalue weighted by Crippen LogP contribution is -2.50. The highest BCUT2D eigenvalue weighted by atomic mass is 16.2. The maximum absolute atomic E-state index is 12.4. The summed E-state index contributed by atoms with van der Waals surface area (Å²) < 4.78 is 0. The van der Waals surface area contributed by atoms with Crippen LogP contribution in [-0.2, 0) is 4.79 Å². The van der Waals surface area contributed by atoms with Gasteiger partial charge in [0.25, 0.3) is 11.8 Å². The van der Waals surface area contributed by atoms with Crippen molar-refractivity contribution in [1.82, 2.24) is 31.7 Å². The van der Waals surface area contributed by atoms with Crippen LogP contribution in [0.5, 0.6) is 0 Å². The molecule has 2 aromatic carbocycles. The average molecular weight is 390 g/mol. The predicted octanol–water partition coefficient (Wildman–Crippen LogP) is 1.62. The molecule has 1 fully saturated rings. The van der Waals surface area contributed by atoms with Crippen LogP contribution in [0.25, 0.3) is 11.0 Å². The fourth-order valence-corrected chi connectivity index (χ4v) is 3.28. The maximum Gasteiger partial charge on any atom is 0.269 e. The molecule has 8 heteroatoms. The molecule has 3 aromatic rings. The van der Waals surface area contributed by atoms with Crippen molar-refractivity contribution in [3.63, 3.8) is 0 Å². The van der Waals surface area contributed by atoms with E-state index < -0.39 is 11.9 Å². The van der Waals surface area contributed by atoms with E-state index in [1.54, 1.807) is 18.2 Å².